The lowest BCUT2D eigenvalue weighted by atomic mass is 10.1. The van der Waals surface area contributed by atoms with Gasteiger partial charge in [-0.3, -0.25) is 4.99 Å². The van der Waals surface area contributed by atoms with Crippen molar-refractivity contribution in [3.05, 3.63) is 33.8 Å². The molecule has 0 aromatic heterocycles. The molecule has 2 N–H and O–H groups in total. The van der Waals surface area contributed by atoms with Gasteiger partial charge in [-0.05, 0) is 23.6 Å². The molecule has 98 valence electrons. The molecule has 1 atom stereocenters. The first kappa shape index (κ1) is 13.5. The van der Waals surface area contributed by atoms with E-state index >= 15 is 0 Å². The van der Waals surface area contributed by atoms with Crippen LogP contribution in [0.4, 0.5) is 0 Å². The summed E-state index contributed by atoms with van der Waals surface area (Å²) >= 11 is 12.0. The number of hydrogen-bond donors (Lipinski definition) is 1. The minimum absolute atomic E-state index is 0.169. The van der Waals surface area contributed by atoms with E-state index in [2.05, 4.69) is 23.7 Å². The SMILES string of the molecule is CC(C)CN1C(N)=NCC1c1ccc(Cl)c(Cl)c1. The lowest BCUT2D eigenvalue weighted by molar-refractivity contribution is 0.309. The van der Waals surface area contributed by atoms with Gasteiger partial charge in [0, 0.05) is 6.54 Å². The normalized spacial score (nSPS) is 19.5. The topological polar surface area (TPSA) is 41.6 Å². The molecule has 1 aromatic carbocycles. The van der Waals surface area contributed by atoms with Gasteiger partial charge in [0.2, 0.25) is 0 Å². The summed E-state index contributed by atoms with van der Waals surface area (Å²) in [7, 11) is 0. The van der Waals surface area contributed by atoms with Crippen molar-refractivity contribution in [1.82, 2.24) is 4.90 Å². The van der Waals surface area contributed by atoms with E-state index in [4.69, 9.17) is 28.9 Å². The highest BCUT2D eigenvalue weighted by atomic mass is 35.5. The van der Waals surface area contributed by atoms with Crippen LogP contribution >= 0.6 is 23.2 Å². The Balaban J connectivity index is 2.24. The maximum absolute atomic E-state index is 6.06. The van der Waals surface area contributed by atoms with Crippen LogP contribution < -0.4 is 5.73 Å². The van der Waals surface area contributed by atoms with Crippen molar-refractivity contribution in [2.45, 2.75) is 19.9 Å². The first-order chi connectivity index (χ1) is 8.49. The van der Waals surface area contributed by atoms with E-state index in [1.54, 1.807) is 0 Å². The Morgan fingerprint density at radius 1 is 1.39 bits per heavy atom. The molecule has 0 saturated heterocycles. The number of benzene rings is 1. The van der Waals surface area contributed by atoms with Crippen LogP contribution in [-0.2, 0) is 0 Å². The van der Waals surface area contributed by atoms with E-state index in [-0.39, 0.29) is 6.04 Å². The summed E-state index contributed by atoms with van der Waals surface area (Å²) in [5.74, 6) is 1.14. The van der Waals surface area contributed by atoms with Crippen LogP contribution in [0.25, 0.3) is 0 Å². The second kappa shape index (κ2) is 5.37. The zero-order chi connectivity index (χ0) is 13.3. The second-order valence-corrected chi connectivity index (χ2v) is 5.75. The number of hydrogen-bond acceptors (Lipinski definition) is 3. The number of rotatable bonds is 3. The summed E-state index contributed by atoms with van der Waals surface area (Å²) in [6, 6.07) is 5.87. The Hall–Kier alpha value is -0.930. The summed E-state index contributed by atoms with van der Waals surface area (Å²) in [5, 5.41) is 1.15. The van der Waals surface area contributed by atoms with Gasteiger partial charge in [-0.15, -0.1) is 0 Å². The fraction of sp³-hybridized carbons (Fsp3) is 0.462. The number of halogens is 2. The summed E-state index contributed by atoms with van der Waals surface area (Å²) in [5.41, 5.74) is 7.05. The molecule has 1 heterocycles. The van der Waals surface area contributed by atoms with E-state index in [9.17, 15) is 0 Å². The molecule has 0 bridgehead atoms. The van der Waals surface area contributed by atoms with Gasteiger partial charge < -0.3 is 10.6 Å². The standard InChI is InChI=1S/C13H17Cl2N3/c1-8(2)7-18-12(6-17-13(18)16)9-3-4-10(14)11(15)5-9/h3-5,8,12H,6-7H2,1-2H3,(H2,16,17). The first-order valence-electron chi connectivity index (χ1n) is 6.00. The quantitative estimate of drug-likeness (QED) is 0.926. The Morgan fingerprint density at radius 2 is 2.11 bits per heavy atom. The van der Waals surface area contributed by atoms with Gasteiger partial charge in [-0.2, -0.15) is 0 Å². The fourth-order valence-corrected chi connectivity index (χ4v) is 2.45. The monoisotopic (exact) mass is 285 g/mol. The van der Waals surface area contributed by atoms with Crippen LogP contribution in [-0.4, -0.2) is 23.9 Å². The van der Waals surface area contributed by atoms with Crippen molar-refractivity contribution in [2.75, 3.05) is 13.1 Å². The Morgan fingerprint density at radius 3 is 2.72 bits per heavy atom. The first-order valence-corrected chi connectivity index (χ1v) is 6.76. The molecular formula is C13H17Cl2N3. The third-order valence-electron chi connectivity index (χ3n) is 2.99. The number of guanidine groups is 1. The zero-order valence-electron chi connectivity index (χ0n) is 10.5. The van der Waals surface area contributed by atoms with Gasteiger partial charge in [0.1, 0.15) is 0 Å². The summed E-state index contributed by atoms with van der Waals surface area (Å²) in [4.78, 5) is 6.45. The van der Waals surface area contributed by atoms with Gasteiger partial charge in [0.05, 0.1) is 22.6 Å². The predicted molar refractivity (Wildman–Crippen MR) is 77.2 cm³/mol. The summed E-state index contributed by atoms with van der Waals surface area (Å²) < 4.78 is 0. The highest BCUT2D eigenvalue weighted by molar-refractivity contribution is 6.42. The number of aliphatic imine (C=N–C) groups is 1. The van der Waals surface area contributed by atoms with E-state index in [0.29, 0.717) is 28.5 Å². The van der Waals surface area contributed by atoms with Crippen LogP contribution in [0.2, 0.25) is 10.0 Å². The average Bonchev–Trinajstić information content (AvgIpc) is 2.64. The molecule has 2 rings (SSSR count). The minimum atomic E-state index is 0.169. The molecule has 0 radical (unpaired) electrons. The highest BCUT2D eigenvalue weighted by Crippen LogP contribution is 2.31. The smallest absolute Gasteiger partial charge is 0.191 e. The van der Waals surface area contributed by atoms with Crippen molar-refractivity contribution in [1.29, 1.82) is 0 Å². The molecule has 1 aliphatic rings. The lowest BCUT2D eigenvalue weighted by Crippen LogP contribution is -2.38. The van der Waals surface area contributed by atoms with Gasteiger partial charge in [0.25, 0.3) is 0 Å². The molecule has 0 spiro atoms. The zero-order valence-corrected chi connectivity index (χ0v) is 12.0. The van der Waals surface area contributed by atoms with Gasteiger partial charge in [-0.25, -0.2) is 0 Å². The summed E-state index contributed by atoms with van der Waals surface area (Å²) in [6.07, 6.45) is 0. The predicted octanol–water partition coefficient (Wildman–Crippen LogP) is 3.32. The van der Waals surface area contributed by atoms with Gasteiger partial charge in [-0.1, -0.05) is 43.1 Å². The Kier molecular flexibility index (Phi) is 4.03. The van der Waals surface area contributed by atoms with Crippen LogP contribution in [0, 0.1) is 5.92 Å². The van der Waals surface area contributed by atoms with Crippen molar-refractivity contribution in [3.63, 3.8) is 0 Å². The largest absolute Gasteiger partial charge is 0.370 e. The van der Waals surface area contributed by atoms with Crippen molar-refractivity contribution in [3.8, 4) is 0 Å². The van der Waals surface area contributed by atoms with Crippen LogP contribution in [0.1, 0.15) is 25.5 Å². The molecule has 0 saturated carbocycles. The average molecular weight is 286 g/mol. The molecule has 1 unspecified atom stereocenters. The second-order valence-electron chi connectivity index (χ2n) is 4.93. The van der Waals surface area contributed by atoms with Crippen LogP contribution in [0.5, 0.6) is 0 Å². The van der Waals surface area contributed by atoms with Crippen molar-refractivity contribution < 1.29 is 0 Å². The Labute approximate surface area is 118 Å². The molecule has 18 heavy (non-hydrogen) atoms. The van der Waals surface area contributed by atoms with E-state index in [0.717, 1.165) is 12.1 Å². The fourth-order valence-electron chi connectivity index (χ4n) is 2.15. The molecule has 0 aliphatic carbocycles. The highest BCUT2D eigenvalue weighted by Gasteiger charge is 2.28. The van der Waals surface area contributed by atoms with Crippen LogP contribution in [0.3, 0.4) is 0 Å². The van der Waals surface area contributed by atoms with Crippen molar-refractivity contribution >= 4 is 29.2 Å². The molecular weight excluding hydrogens is 269 g/mol. The van der Waals surface area contributed by atoms with E-state index in [1.165, 1.54) is 0 Å². The van der Waals surface area contributed by atoms with E-state index < -0.39 is 0 Å². The maximum atomic E-state index is 6.06. The molecule has 0 fully saturated rings. The molecule has 5 heteroatoms. The lowest BCUT2D eigenvalue weighted by Gasteiger charge is -2.28. The molecule has 1 aliphatic heterocycles. The van der Waals surface area contributed by atoms with Gasteiger partial charge in [0.15, 0.2) is 5.96 Å². The number of nitrogens with zero attached hydrogens (tertiary/aromatic N) is 2. The minimum Gasteiger partial charge on any atom is -0.370 e. The van der Waals surface area contributed by atoms with Gasteiger partial charge >= 0.3 is 0 Å². The number of nitrogens with two attached hydrogens (primary N) is 1. The van der Waals surface area contributed by atoms with Crippen molar-refractivity contribution in [2.24, 2.45) is 16.6 Å². The molecule has 1 aromatic rings. The van der Waals surface area contributed by atoms with Crippen LogP contribution in [0.15, 0.2) is 23.2 Å². The molecule has 0 amide bonds. The Bertz CT molecular complexity index is 471. The maximum Gasteiger partial charge on any atom is 0.191 e. The summed E-state index contributed by atoms with van der Waals surface area (Å²) in [6.45, 7) is 5.89. The molecule has 3 nitrogen and oxygen atoms in total. The van der Waals surface area contributed by atoms with E-state index in [1.807, 2.05) is 18.2 Å². The third-order valence-corrected chi connectivity index (χ3v) is 3.73. The third kappa shape index (κ3) is 2.73.